The first-order valence-electron chi connectivity index (χ1n) is 22.3. The molecule has 0 aliphatic heterocycles. The van der Waals surface area contributed by atoms with Crippen LogP contribution in [0, 0.1) is 0 Å². The van der Waals surface area contributed by atoms with Gasteiger partial charge in [0.2, 0.25) is 0 Å². The van der Waals surface area contributed by atoms with Gasteiger partial charge in [-0.15, -0.1) is 0 Å². The van der Waals surface area contributed by atoms with Crippen molar-refractivity contribution in [1.29, 1.82) is 0 Å². The van der Waals surface area contributed by atoms with Crippen LogP contribution in [0.2, 0.25) is 0 Å². The molecule has 0 radical (unpaired) electrons. The molecule has 9 aromatic carbocycles. The van der Waals surface area contributed by atoms with E-state index in [0.717, 1.165) is 39.0 Å². The summed E-state index contributed by atoms with van der Waals surface area (Å²) in [6.07, 6.45) is 0. The zero-order valence-electron chi connectivity index (χ0n) is 35.9. The number of rotatable bonds is 5. The monoisotopic (exact) mass is 807 g/mol. The number of para-hydroxylation sites is 1. The van der Waals surface area contributed by atoms with E-state index in [0.29, 0.717) is 0 Å². The molecule has 0 N–H and O–H groups in total. The summed E-state index contributed by atoms with van der Waals surface area (Å²) in [6.45, 7) is 9.51. The fourth-order valence-corrected chi connectivity index (χ4v) is 12.0. The lowest BCUT2D eigenvalue weighted by Crippen LogP contribution is -2.29. The number of nitrogens with zero attached hydrogens (tertiary/aromatic N) is 1. The smallest absolute Gasteiger partial charge is 0.137 e. The lowest BCUT2D eigenvalue weighted by molar-refractivity contribution is 0.660. The van der Waals surface area contributed by atoms with Crippen molar-refractivity contribution in [2.45, 2.75) is 43.9 Å². The fourth-order valence-electron chi connectivity index (χ4n) is 12.0. The fraction of sp³-hybridized carbons (Fsp3) is 0.115. The van der Waals surface area contributed by atoms with Gasteiger partial charge in [-0.25, -0.2) is 0 Å². The Morgan fingerprint density at radius 3 is 1.35 bits per heavy atom. The molecule has 3 aliphatic carbocycles. The van der Waals surface area contributed by atoms with Gasteiger partial charge in [-0.3, -0.25) is 0 Å². The predicted octanol–water partition coefficient (Wildman–Crippen LogP) is 16.0. The van der Waals surface area contributed by atoms with Gasteiger partial charge in [0.1, 0.15) is 11.2 Å². The van der Waals surface area contributed by atoms with Gasteiger partial charge in [0.25, 0.3) is 0 Å². The van der Waals surface area contributed by atoms with Crippen LogP contribution in [0.5, 0.6) is 0 Å². The largest absolute Gasteiger partial charge is 0.456 e. The molecule has 13 rings (SSSR count). The van der Waals surface area contributed by atoms with E-state index < -0.39 is 5.41 Å². The van der Waals surface area contributed by atoms with Gasteiger partial charge in [-0.05, 0) is 120 Å². The van der Waals surface area contributed by atoms with Gasteiger partial charge in [0, 0.05) is 27.6 Å². The summed E-state index contributed by atoms with van der Waals surface area (Å²) < 4.78 is 7.04. The van der Waals surface area contributed by atoms with Crippen LogP contribution in [-0.2, 0) is 16.2 Å². The van der Waals surface area contributed by atoms with E-state index in [1.165, 1.54) is 77.9 Å². The van der Waals surface area contributed by atoms with Crippen LogP contribution in [0.3, 0.4) is 0 Å². The molecule has 0 bridgehead atoms. The average Bonchev–Trinajstić information content (AvgIpc) is 3.99. The van der Waals surface area contributed by atoms with Crippen LogP contribution in [0.4, 0.5) is 17.1 Å². The summed E-state index contributed by atoms with van der Waals surface area (Å²) in [5, 5.41) is 2.20. The Hall–Kier alpha value is -7.42. The number of anilines is 3. The van der Waals surface area contributed by atoms with E-state index in [2.05, 4.69) is 233 Å². The molecule has 3 aliphatic rings. The number of benzene rings is 9. The van der Waals surface area contributed by atoms with E-state index in [1.807, 2.05) is 0 Å². The Labute approximate surface area is 368 Å². The molecular weight excluding hydrogens is 763 g/mol. The summed E-state index contributed by atoms with van der Waals surface area (Å²) in [5.74, 6) is 0. The van der Waals surface area contributed by atoms with E-state index in [9.17, 15) is 0 Å². The molecule has 10 aromatic rings. The first-order valence-corrected chi connectivity index (χ1v) is 22.3. The number of furan rings is 1. The topological polar surface area (TPSA) is 16.4 Å². The van der Waals surface area contributed by atoms with Crippen LogP contribution in [0.1, 0.15) is 72.2 Å². The highest BCUT2D eigenvalue weighted by atomic mass is 16.3. The summed E-state index contributed by atoms with van der Waals surface area (Å²) in [7, 11) is 0. The Morgan fingerprint density at radius 1 is 0.349 bits per heavy atom. The molecule has 0 fully saturated rings. The van der Waals surface area contributed by atoms with Crippen molar-refractivity contribution < 1.29 is 4.42 Å². The van der Waals surface area contributed by atoms with Gasteiger partial charge in [-0.2, -0.15) is 0 Å². The molecule has 0 amide bonds. The first-order chi connectivity index (χ1) is 30.8. The molecule has 0 spiro atoms. The average molecular weight is 808 g/mol. The van der Waals surface area contributed by atoms with E-state index in [1.54, 1.807) is 0 Å². The standard InChI is InChI=1S/C61H45NO/c1-59(2)49-25-13-8-20-42(49)46-32-30-40(36-53(46)59)62(41-31-33-47-43-21-9-14-26-50(43)60(3,4)54(47)37-41)55-34-39(35-57-58(55)48-24-12-17-29-56(48)63-57)61(38-18-6-5-7-19-38)51-27-15-10-22-44(51)45-23-11-16-28-52(45)61/h5-37H,1-4H3. The molecule has 0 saturated carbocycles. The quantitative estimate of drug-likeness (QED) is 0.172. The highest BCUT2D eigenvalue weighted by Gasteiger charge is 2.47. The minimum absolute atomic E-state index is 0.177. The Balaban J connectivity index is 1.16. The zero-order chi connectivity index (χ0) is 42.2. The highest BCUT2D eigenvalue weighted by Crippen LogP contribution is 2.59. The number of hydrogen-bond acceptors (Lipinski definition) is 2. The van der Waals surface area contributed by atoms with Gasteiger partial charge in [0.05, 0.1) is 16.5 Å². The van der Waals surface area contributed by atoms with Gasteiger partial charge >= 0.3 is 0 Å². The number of fused-ring (bicyclic) bond motifs is 12. The summed E-state index contributed by atoms with van der Waals surface area (Å²) in [5.41, 5.74) is 22.2. The molecule has 1 aromatic heterocycles. The van der Waals surface area contributed by atoms with Crippen LogP contribution in [-0.4, -0.2) is 0 Å². The lowest BCUT2D eigenvalue weighted by Gasteiger charge is -2.35. The summed E-state index contributed by atoms with van der Waals surface area (Å²) >= 11 is 0. The molecule has 2 nitrogen and oxygen atoms in total. The van der Waals surface area contributed by atoms with E-state index in [-0.39, 0.29) is 10.8 Å². The van der Waals surface area contributed by atoms with Crippen molar-refractivity contribution in [3.05, 3.63) is 245 Å². The molecule has 0 unspecified atom stereocenters. The summed E-state index contributed by atoms with van der Waals surface area (Å²) in [6, 6.07) is 74.7. The van der Waals surface area contributed by atoms with Crippen molar-refractivity contribution in [3.63, 3.8) is 0 Å². The lowest BCUT2D eigenvalue weighted by atomic mass is 9.67. The molecule has 2 heteroatoms. The van der Waals surface area contributed by atoms with Crippen molar-refractivity contribution >= 4 is 39.0 Å². The highest BCUT2D eigenvalue weighted by molar-refractivity contribution is 6.14. The van der Waals surface area contributed by atoms with Gasteiger partial charge < -0.3 is 9.32 Å². The summed E-state index contributed by atoms with van der Waals surface area (Å²) in [4.78, 5) is 2.54. The second kappa shape index (κ2) is 12.8. The Bertz CT molecular complexity index is 3380. The van der Waals surface area contributed by atoms with Gasteiger partial charge in [-0.1, -0.05) is 185 Å². The van der Waals surface area contributed by atoms with E-state index in [4.69, 9.17) is 4.42 Å². The molecule has 0 saturated heterocycles. The second-order valence-corrected chi connectivity index (χ2v) is 18.8. The van der Waals surface area contributed by atoms with Crippen LogP contribution < -0.4 is 4.90 Å². The van der Waals surface area contributed by atoms with Crippen LogP contribution >= 0.6 is 0 Å². The molecule has 300 valence electrons. The van der Waals surface area contributed by atoms with Crippen molar-refractivity contribution in [2.24, 2.45) is 0 Å². The molecule has 63 heavy (non-hydrogen) atoms. The normalized spacial score (nSPS) is 15.4. The van der Waals surface area contributed by atoms with Crippen molar-refractivity contribution in [2.75, 3.05) is 4.90 Å². The maximum atomic E-state index is 7.04. The molecular formula is C61H45NO. The third kappa shape index (κ3) is 4.79. The van der Waals surface area contributed by atoms with Crippen molar-refractivity contribution in [3.8, 4) is 33.4 Å². The second-order valence-electron chi connectivity index (χ2n) is 18.8. The minimum atomic E-state index is -0.620. The molecule has 1 heterocycles. The SMILES string of the molecule is CC1(C)c2ccccc2-c2ccc(N(c3ccc4c(c3)C(C)(C)c3ccccc3-4)c3cc(C4(c5ccccc5)c5ccccc5-c5ccccc54)cc4oc5ccccc5c34)cc21. The third-order valence-corrected chi connectivity index (χ3v) is 14.9. The Kier molecular flexibility index (Phi) is 7.37. The minimum Gasteiger partial charge on any atom is -0.456 e. The van der Waals surface area contributed by atoms with Gasteiger partial charge in [0.15, 0.2) is 0 Å². The van der Waals surface area contributed by atoms with E-state index >= 15 is 0 Å². The number of hydrogen-bond donors (Lipinski definition) is 0. The predicted molar refractivity (Wildman–Crippen MR) is 261 cm³/mol. The van der Waals surface area contributed by atoms with Crippen molar-refractivity contribution in [1.82, 2.24) is 0 Å². The molecule has 0 atom stereocenters. The zero-order valence-corrected chi connectivity index (χ0v) is 35.9. The maximum Gasteiger partial charge on any atom is 0.137 e. The van der Waals surface area contributed by atoms with Crippen LogP contribution in [0.15, 0.2) is 205 Å². The first kappa shape index (κ1) is 36.3. The van der Waals surface area contributed by atoms with Crippen LogP contribution in [0.25, 0.3) is 55.3 Å². The Morgan fingerprint density at radius 2 is 0.794 bits per heavy atom. The maximum absolute atomic E-state index is 7.04. The third-order valence-electron chi connectivity index (χ3n) is 14.9.